The Balaban J connectivity index is 2.81. The minimum atomic E-state index is -2.13. The summed E-state index contributed by atoms with van der Waals surface area (Å²) in [6, 6.07) is -10.8. The second kappa shape index (κ2) is 41.8. The third-order valence-electron chi connectivity index (χ3n) is 16.6. The Labute approximate surface area is 587 Å². The smallest absolute Gasteiger partial charge is 0.328 e. The summed E-state index contributed by atoms with van der Waals surface area (Å²) in [5.74, 6) is -19.3. The summed E-state index contributed by atoms with van der Waals surface area (Å²) in [6.07, 6.45) is -3.72. The van der Waals surface area contributed by atoms with E-state index in [-0.39, 0.29) is 29.6 Å². The number of benzene rings is 1. The Morgan fingerprint density at radius 1 is 0.723 bits per heavy atom. The fraction of sp³-hybridized carbons (Fsp3) is 0.621. The van der Waals surface area contributed by atoms with Crippen molar-refractivity contribution in [3.05, 3.63) is 53.8 Å². The van der Waals surface area contributed by atoms with Gasteiger partial charge in [0.25, 0.3) is 5.91 Å². The second-order valence-corrected chi connectivity index (χ2v) is 25.9. The first-order chi connectivity index (χ1) is 47.1. The van der Waals surface area contributed by atoms with Gasteiger partial charge >= 0.3 is 5.97 Å². The number of cyclic esters (lactones) is 1. The third-order valence-corrected chi connectivity index (χ3v) is 16.6. The molecule has 1 fully saturated rings. The van der Waals surface area contributed by atoms with E-state index in [2.05, 4.69) is 47.9 Å². The number of likely N-dealkylation sites (N-methyl/N-ethyl adjacent to an activating group) is 2. The molecule has 564 valence electrons. The zero-order valence-electron chi connectivity index (χ0n) is 59.9. The quantitative estimate of drug-likeness (QED) is 0.0192. The Hall–Kier alpha value is -9.61. The number of methoxy groups -OCH3 is 2. The number of amides is 14. The van der Waals surface area contributed by atoms with Crippen LogP contribution in [0.15, 0.2) is 48.2 Å². The van der Waals surface area contributed by atoms with Gasteiger partial charge in [-0.25, -0.2) is 4.79 Å². The number of phenolic OH excluding ortho intramolecular Hbond substituents is 1. The van der Waals surface area contributed by atoms with Gasteiger partial charge in [0.2, 0.25) is 76.8 Å². The van der Waals surface area contributed by atoms with Crippen LogP contribution < -0.4 is 65.1 Å². The molecule has 35 nitrogen and oxygen atoms in total. The van der Waals surface area contributed by atoms with Crippen LogP contribution in [-0.2, 0) is 86.1 Å². The van der Waals surface area contributed by atoms with Gasteiger partial charge in [0.05, 0.1) is 38.2 Å². The van der Waals surface area contributed by atoms with Crippen molar-refractivity contribution in [2.24, 2.45) is 46.8 Å². The minimum absolute atomic E-state index is 0.0474. The summed E-state index contributed by atoms with van der Waals surface area (Å²) in [7, 11) is 4.66. The van der Waals surface area contributed by atoms with Gasteiger partial charge < -0.3 is 104 Å². The lowest BCUT2D eigenvalue weighted by Gasteiger charge is -2.36. The van der Waals surface area contributed by atoms with Crippen molar-refractivity contribution in [2.45, 2.75) is 193 Å². The molecule has 16 atom stereocenters. The predicted molar refractivity (Wildman–Crippen MR) is 362 cm³/mol. The molecule has 0 aliphatic carbocycles. The number of carbonyl (C=O) groups is 15. The summed E-state index contributed by atoms with van der Waals surface area (Å²) in [5.41, 5.74) is 16.1. The van der Waals surface area contributed by atoms with Gasteiger partial charge in [0.1, 0.15) is 78.0 Å². The van der Waals surface area contributed by atoms with Gasteiger partial charge in [-0.1, -0.05) is 78.8 Å². The number of rotatable bonds is 31. The van der Waals surface area contributed by atoms with Gasteiger partial charge in [0, 0.05) is 40.7 Å². The molecule has 1 aromatic rings. The number of aromatic hydroxyl groups is 1. The maximum absolute atomic E-state index is 15.0. The number of nitrogens with zero attached hydrogens (tertiary/aromatic N) is 2. The molecule has 0 radical (unpaired) electrons. The maximum atomic E-state index is 15.0. The van der Waals surface area contributed by atoms with E-state index in [4.69, 9.17) is 31.4 Å². The molecule has 35 heteroatoms. The van der Waals surface area contributed by atoms with Crippen molar-refractivity contribution >= 4 is 88.7 Å². The highest BCUT2D eigenvalue weighted by Crippen LogP contribution is 2.27. The molecular weight excluding hydrogens is 1320 g/mol. The molecule has 2 rings (SSSR count). The molecular formula is C66H104N14O21. The van der Waals surface area contributed by atoms with Gasteiger partial charge in [-0.2, -0.15) is 0 Å². The van der Waals surface area contributed by atoms with Crippen molar-refractivity contribution in [1.29, 1.82) is 0 Å². The largest absolute Gasteiger partial charge is 0.508 e. The standard InChI is InChI=1S/C66H104N14O21/c1-16-42(73-62(94)52(37(10)81)76-59(91)43(28-48(68)85)71-49(86)27-41(83)20-17-33(6)25-31(2)3)58(90)75-51(34(7)35(8)56(69)88)61(93)77-53-38(11)101-66(98)36(9)79(12)65(97)54(55(100-15)39-18-21-40(82)22-19-39)78-60(92)46(23-24-47(67)84)80(13)64(96)44(26-32(4)5)72-50(87)29-70-57(89)45(30-99-14)74-63(53)95/h16-22,31-38,41,43-46,51-55,81-83H,23-30H2,1-15H3,(H2,67,84)(H2,68,85)(H2,69,88)(H,70,89)(H,71,86)(H,72,87)(H,73,94)(H,74,95)(H,75,90)(H,76,91)(H,77,93)(H,78,92)/b20-17-,42-16-/t33-,34+,35-,36+,37-,38-,41-,43-,44+,45-,46+,51+,52+,53-,54-,55-/m1/s1. The highest BCUT2D eigenvalue weighted by molar-refractivity contribution is 6.03. The maximum Gasteiger partial charge on any atom is 0.328 e. The van der Waals surface area contributed by atoms with Crippen LogP contribution in [0.25, 0.3) is 0 Å². The van der Waals surface area contributed by atoms with E-state index in [1.807, 2.05) is 20.8 Å². The summed E-state index contributed by atoms with van der Waals surface area (Å²) >= 11 is 0. The monoisotopic (exact) mass is 1430 g/mol. The molecule has 0 spiro atoms. The van der Waals surface area contributed by atoms with Crippen molar-refractivity contribution in [2.75, 3.05) is 41.5 Å². The van der Waals surface area contributed by atoms with Crippen LogP contribution >= 0.6 is 0 Å². The average Bonchev–Trinajstić information content (AvgIpc) is 0.815. The molecule has 1 aliphatic rings. The molecule has 0 saturated carbocycles. The number of allylic oxidation sites excluding steroid dienone is 2. The normalized spacial score (nSPS) is 22.3. The Kier molecular flexibility index (Phi) is 36.2. The van der Waals surface area contributed by atoms with E-state index in [1.165, 1.54) is 72.2 Å². The highest BCUT2D eigenvalue weighted by Gasteiger charge is 2.44. The van der Waals surface area contributed by atoms with Crippen LogP contribution in [0.5, 0.6) is 5.75 Å². The van der Waals surface area contributed by atoms with Crippen molar-refractivity contribution in [3.63, 3.8) is 0 Å². The number of hydrogen-bond donors (Lipinski definition) is 15. The number of aliphatic hydroxyl groups excluding tert-OH is 2. The van der Waals surface area contributed by atoms with E-state index < -0.39 is 224 Å². The first-order valence-electron chi connectivity index (χ1n) is 32.9. The number of primary amides is 3. The van der Waals surface area contributed by atoms with Crippen molar-refractivity contribution in [3.8, 4) is 5.75 Å². The number of nitrogens with one attached hydrogen (secondary N) is 9. The summed E-state index contributed by atoms with van der Waals surface area (Å²) in [4.78, 5) is 210. The molecule has 0 unspecified atom stereocenters. The Morgan fingerprint density at radius 2 is 1.35 bits per heavy atom. The second-order valence-electron chi connectivity index (χ2n) is 25.9. The summed E-state index contributed by atoms with van der Waals surface area (Å²) < 4.78 is 16.8. The van der Waals surface area contributed by atoms with Crippen LogP contribution in [-0.4, -0.2) is 228 Å². The predicted octanol–water partition coefficient (Wildman–Crippen LogP) is -3.81. The van der Waals surface area contributed by atoms with E-state index >= 15 is 4.79 Å². The van der Waals surface area contributed by atoms with Crippen molar-refractivity contribution < 1.29 is 101 Å². The molecule has 14 amide bonds. The Morgan fingerprint density at radius 3 is 1.88 bits per heavy atom. The molecule has 1 aromatic carbocycles. The zero-order chi connectivity index (χ0) is 77.0. The fourth-order valence-electron chi connectivity index (χ4n) is 10.6. The van der Waals surface area contributed by atoms with Gasteiger partial charge in [-0.05, 0) is 88.3 Å². The minimum Gasteiger partial charge on any atom is -0.508 e. The lowest BCUT2D eigenvalue weighted by atomic mass is 9.87. The molecule has 1 heterocycles. The van der Waals surface area contributed by atoms with Gasteiger partial charge in [0.15, 0.2) is 0 Å². The SMILES string of the molecule is C/C=C(\NC(=O)[C@@H](NC(=O)[C@@H](CC(N)=O)NC(=O)C[C@H](O)/C=C\[C@@H](C)CC(C)C)[C@@H](C)O)C(=O)N[C@H](C(=O)N[C@H]1C(=O)N[C@H](COC)C(=O)NCC(=O)N[C@@H](CC(C)C)C(=O)N(C)[C@@H](CCC(N)=O)C(=O)N[C@H]([C@H](OC)c2ccc(O)cc2)C(=O)N(C)[C@@H](C)C(=O)O[C@@H]1C)[C@@H](C)[C@@H](C)C(N)=O. The fourth-order valence-corrected chi connectivity index (χ4v) is 10.6. The molecule has 18 N–H and O–H groups in total. The highest BCUT2D eigenvalue weighted by atomic mass is 16.5. The first kappa shape index (κ1) is 87.5. The number of carbonyl (C=O) groups excluding carboxylic acids is 15. The number of phenols is 1. The topological polar surface area (TPSA) is 537 Å². The van der Waals surface area contributed by atoms with Crippen LogP contribution in [0, 0.1) is 29.6 Å². The lowest BCUT2D eigenvalue weighted by molar-refractivity contribution is -0.161. The molecule has 0 bridgehead atoms. The van der Waals surface area contributed by atoms with E-state index in [0.717, 1.165) is 50.3 Å². The average molecular weight is 1430 g/mol. The molecule has 0 aromatic heterocycles. The van der Waals surface area contributed by atoms with Gasteiger partial charge in [-0.3, -0.25) is 67.1 Å². The number of esters is 1. The number of nitrogens with two attached hydrogens (primary N) is 3. The van der Waals surface area contributed by atoms with Crippen LogP contribution in [0.2, 0.25) is 0 Å². The first-order valence-corrected chi connectivity index (χ1v) is 32.9. The molecule has 101 heavy (non-hydrogen) atoms. The lowest BCUT2D eigenvalue weighted by Crippen LogP contribution is -2.63. The summed E-state index contributed by atoms with van der Waals surface area (Å²) in [6.45, 7) is 15.1. The number of aliphatic hydroxyl groups is 2. The van der Waals surface area contributed by atoms with Crippen LogP contribution in [0.4, 0.5) is 0 Å². The summed E-state index contributed by atoms with van der Waals surface area (Å²) in [5, 5.41) is 52.9. The van der Waals surface area contributed by atoms with Crippen LogP contribution in [0.3, 0.4) is 0 Å². The van der Waals surface area contributed by atoms with Crippen molar-refractivity contribution in [1.82, 2.24) is 57.7 Å². The molecule has 1 saturated heterocycles. The van der Waals surface area contributed by atoms with E-state index in [9.17, 15) is 82.4 Å². The van der Waals surface area contributed by atoms with Gasteiger partial charge in [-0.15, -0.1) is 0 Å². The zero-order valence-corrected chi connectivity index (χ0v) is 59.9. The molecule has 1 aliphatic heterocycles. The number of hydrogen-bond acceptors (Lipinski definition) is 21. The van der Waals surface area contributed by atoms with Crippen LogP contribution in [0.1, 0.15) is 126 Å². The Bertz CT molecular complexity index is 3160. The van der Waals surface area contributed by atoms with E-state index in [1.54, 1.807) is 19.9 Å². The number of ether oxygens (including phenoxy) is 3. The third kappa shape index (κ3) is 28.1. The van der Waals surface area contributed by atoms with E-state index in [0.29, 0.717) is 5.92 Å².